The Morgan fingerprint density at radius 2 is 2.27 bits per heavy atom. The highest BCUT2D eigenvalue weighted by molar-refractivity contribution is 5.74. The van der Waals surface area contributed by atoms with Crippen molar-refractivity contribution in [3.63, 3.8) is 0 Å². The van der Waals surface area contributed by atoms with Crippen molar-refractivity contribution in [2.75, 3.05) is 26.2 Å². The van der Waals surface area contributed by atoms with Crippen LogP contribution in [0.15, 0.2) is 11.8 Å². The van der Waals surface area contributed by atoms with Gasteiger partial charge in [0.2, 0.25) is 0 Å². The Kier molecular flexibility index (Phi) is 2.93. The molecule has 0 amide bonds. The predicted molar refractivity (Wildman–Crippen MR) is 56.0 cm³/mol. The van der Waals surface area contributed by atoms with Crippen LogP contribution in [0.1, 0.15) is 6.42 Å². The normalized spacial score (nSPS) is 25.2. The number of aliphatic carboxylic acids is 1. The second kappa shape index (κ2) is 4.37. The van der Waals surface area contributed by atoms with Crippen LogP contribution in [0.25, 0.3) is 0 Å². The van der Waals surface area contributed by atoms with Crippen LogP contribution in [0.5, 0.6) is 0 Å². The first kappa shape index (κ1) is 10.1. The maximum absolute atomic E-state index is 10.8. The van der Waals surface area contributed by atoms with Gasteiger partial charge < -0.3 is 15.3 Å². The van der Waals surface area contributed by atoms with Gasteiger partial charge in [-0.1, -0.05) is 11.8 Å². The zero-order valence-electron chi connectivity index (χ0n) is 8.49. The molecule has 2 rings (SSSR count). The quantitative estimate of drug-likeness (QED) is 0.619. The summed E-state index contributed by atoms with van der Waals surface area (Å²) in [7, 11) is 0. The SMILES string of the molecule is O=C(O)C1C#CC=C(N2CCNCC2)C1. The summed E-state index contributed by atoms with van der Waals surface area (Å²) in [6.45, 7) is 3.81. The molecule has 0 radical (unpaired) electrons. The highest BCUT2D eigenvalue weighted by Crippen LogP contribution is 2.19. The number of carbonyl (C=O) groups is 1. The third kappa shape index (κ3) is 2.31. The minimum Gasteiger partial charge on any atom is -0.480 e. The first-order chi connectivity index (χ1) is 7.27. The summed E-state index contributed by atoms with van der Waals surface area (Å²) in [4.78, 5) is 13.0. The largest absolute Gasteiger partial charge is 0.480 e. The third-order valence-corrected chi connectivity index (χ3v) is 2.73. The molecule has 80 valence electrons. The fraction of sp³-hybridized carbons (Fsp3) is 0.545. The smallest absolute Gasteiger partial charge is 0.319 e. The maximum atomic E-state index is 10.8. The lowest BCUT2D eigenvalue weighted by atomic mass is 9.99. The number of hydrogen-bond donors (Lipinski definition) is 2. The average Bonchev–Trinajstić information content (AvgIpc) is 2.30. The molecule has 2 aliphatic rings. The van der Waals surface area contributed by atoms with Crippen LogP contribution < -0.4 is 5.32 Å². The molecule has 4 heteroatoms. The Hall–Kier alpha value is -1.47. The number of allylic oxidation sites excluding steroid dienone is 2. The number of carboxylic acids is 1. The van der Waals surface area contributed by atoms with Crippen LogP contribution in [-0.4, -0.2) is 42.2 Å². The van der Waals surface area contributed by atoms with Gasteiger partial charge in [-0.15, -0.1) is 0 Å². The van der Waals surface area contributed by atoms with Gasteiger partial charge in [-0.3, -0.25) is 4.79 Å². The fourth-order valence-electron chi connectivity index (χ4n) is 1.87. The summed E-state index contributed by atoms with van der Waals surface area (Å²) in [5.74, 6) is 4.18. The molecule has 2 N–H and O–H groups in total. The van der Waals surface area contributed by atoms with Crippen molar-refractivity contribution in [3.8, 4) is 11.8 Å². The van der Waals surface area contributed by atoms with E-state index in [-0.39, 0.29) is 0 Å². The zero-order chi connectivity index (χ0) is 10.7. The van der Waals surface area contributed by atoms with Crippen molar-refractivity contribution >= 4 is 5.97 Å². The predicted octanol–water partition coefficient (Wildman–Crippen LogP) is -0.117. The van der Waals surface area contributed by atoms with Gasteiger partial charge in [-0.2, -0.15) is 0 Å². The fourth-order valence-corrected chi connectivity index (χ4v) is 1.87. The van der Waals surface area contributed by atoms with E-state index in [1.165, 1.54) is 0 Å². The van der Waals surface area contributed by atoms with Gasteiger partial charge in [-0.05, 0) is 0 Å². The van der Waals surface area contributed by atoms with E-state index in [1.807, 2.05) is 6.08 Å². The molecule has 1 aliphatic carbocycles. The lowest BCUT2D eigenvalue weighted by molar-refractivity contribution is -0.139. The van der Waals surface area contributed by atoms with E-state index < -0.39 is 11.9 Å². The molecule has 4 nitrogen and oxygen atoms in total. The molecule has 1 saturated heterocycles. The topological polar surface area (TPSA) is 52.6 Å². The van der Waals surface area contributed by atoms with E-state index in [4.69, 9.17) is 5.11 Å². The Balaban J connectivity index is 2.02. The van der Waals surface area contributed by atoms with E-state index >= 15 is 0 Å². The van der Waals surface area contributed by atoms with Crippen LogP contribution in [0.3, 0.4) is 0 Å². The molecule has 1 aliphatic heterocycles. The second-order valence-electron chi connectivity index (χ2n) is 3.76. The van der Waals surface area contributed by atoms with Crippen molar-refractivity contribution in [1.29, 1.82) is 0 Å². The van der Waals surface area contributed by atoms with E-state index in [9.17, 15) is 4.79 Å². The highest BCUT2D eigenvalue weighted by Gasteiger charge is 2.22. The Morgan fingerprint density at radius 1 is 1.53 bits per heavy atom. The highest BCUT2D eigenvalue weighted by atomic mass is 16.4. The molecule has 0 saturated carbocycles. The van der Waals surface area contributed by atoms with Gasteiger partial charge in [0.15, 0.2) is 0 Å². The van der Waals surface area contributed by atoms with Crippen LogP contribution in [0.4, 0.5) is 0 Å². The second-order valence-corrected chi connectivity index (χ2v) is 3.76. The number of hydrogen-bond acceptors (Lipinski definition) is 3. The van der Waals surface area contributed by atoms with E-state index in [2.05, 4.69) is 22.1 Å². The Labute approximate surface area is 89.0 Å². The molecule has 15 heavy (non-hydrogen) atoms. The molecule has 0 bridgehead atoms. The van der Waals surface area contributed by atoms with Crippen molar-refractivity contribution in [2.45, 2.75) is 6.42 Å². The van der Waals surface area contributed by atoms with E-state index in [0.29, 0.717) is 6.42 Å². The van der Waals surface area contributed by atoms with Crippen LogP contribution in [0, 0.1) is 17.8 Å². The van der Waals surface area contributed by atoms with Gasteiger partial charge in [0, 0.05) is 44.4 Å². The average molecular weight is 206 g/mol. The number of rotatable bonds is 2. The molecule has 0 spiro atoms. The van der Waals surface area contributed by atoms with Crippen LogP contribution in [-0.2, 0) is 4.79 Å². The maximum Gasteiger partial charge on any atom is 0.319 e. The minimum atomic E-state index is -0.816. The summed E-state index contributed by atoms with van der Waals surface area (Å²) >= 11 is 0. The van der Waals surface area contributed by atoms with Crippen LogP contribution >= 0.6 is 0 Å². The lowest BCUT2D eigenvalue weighted by Crippen LogP contribution is -2.43. The van der Waals surface area contributed by atoms with E-state index in [0.717, 1.165) is 31.9 Å². The van der Waals surface area contributed by atoms with Gasteiger partial charge in [0.1, 0.15) is 5.92 Å². The monoisotopic (exact) mass is 206 g/mol. The molecule has 0 aromatic heterocycles. The molecule has 0 aromatic rings. The minimum absolute atomic E-state index is 0.528. The molecule has 1 unspecified atom stereocenters. The number of nitrogens with zero attached hydrogens (tertiary/aromatic N) is 1. The summed E-state index contributed by atoms with van der Waals surface area (Å²) in [5, 5.41) is 12.2. The van der Waals surface area contributed by atoms with Gasteiger partial charge in [0.25, 0.3) is 0 Å². The molecule has 1 fully saturated rings. The Morgan fingerprint density at radius 3 is 2.93 bits per heavy atom. The zero-order valence-corrected chi connectivity index (χ0v) is 8.49. The number of piperazine rings is 1. The molecule has 1 atom stereocenters. The third-order valence-electron chi connectivity index (χ3n) is 2.73. The number of nitrogens with one attached hydrogen (secondary N) is 1. The van der Waals surface area contributed by atoms with Gasteiger partial charge in [-0.25, -0.2) is 0 Å². The summed E-state index contributed by atoms with van der Waals surface area (Å²) < 4.78 is 0. The Bertz CT molecular complexity index is 345. The lowest BCUT2D eigenvalue weighted by Gasteiger charge is -2.32. The van der Waals surface area contributed by atoms with Crippen molar-refractivity contribution in [2.24, 2.45) is 5.92 Å². The standard InChI is InChI=1S/C11H14N2O2/c14-11(15)9-2-1-3-10(8-9)13-6-4-12-5-7-13/h3,9,12H,4-8H2,(H,14,15). The van der Waals surface area contributed by atoms with Gasteiger partial charge in [0.05, 0.1) is 0 Å². The summed E-state index contributed by atoms with van der Waals surface area (Å²) in [6, 6.07) is 0. The van der Waals surface area contributed by atoms with Gasteiger partial charge >= 0.3 is 5.97 Å². The van der Waals surface area contributed by atoms with Crippen LogP contribution in [0.2, 0.25) is 0 Å². The molecule has 1 heterocycles. The van der Waals surface area contributed by atoms with Crippen molar-refractivity contribution in [1.82, 2.24) is 10.2 Å². The number of carboxylic acid groups (broad SMARTS) is 1. The summed E-state index contributed by atoms with van der Waals surface area (Å²) in [6.07, 6.45) is 2.40. The van der Waals surface area contributed by atoms with Crippen molar-refractivity contribution in [3.05, 3.63) is 11.8 Å². The first-order valence-corrected chi connectivity index (χ1v) is 5.16. The van der Waals surface area contributed by atoms with Crippen molar-refractivity contribution < 1.29 is 9.90 Å². The first-order valence-electron chi connectivity index (χ1n) is 5.16. The summed E-state index contributed by atoms with van der Waals surface area (Å²) in [5.41, 5.74) is 1.07. The van der Waals surface area contributed by atoms with E-state index in [1.54, 1.807) is 0 Å². The molecular formula is C11H14N2O2. The molecule has 0 aromatic carbocycles. The molecular weight excluding hydrogens is 192 g/mol.